The predicted octanol–water partition coefficient (Wildman–Crippen LogP) is 6.03. The lowest BCUT2D eigenvalue weighted by molar-refractivity contribution is 0.276. The fourth-order valence-corrected chi connectivity index (χ4v) is 3.95. The summed E-state index contributed by atoms with van der Waals surface area (Å²) in [5.41, 5.74) is 2.93. The van der Waals surface area contributed by atoms with E-state index in [0.29, 0.717) is 26.1 Å². The number of ether oxygens (including phenoxy) is 2. The van der Waals surface area contributed by atoms with Crippen molar-refractivity contribution in [1.29, 1.82) is 0 Å². The minimum Gasteiger partial charge on any atom is -0.494 e. The number of hydrogen-bond donors (Lipinski definition) is 2. The van der Waals surface area contributed by atoms with E-state index in [9.17, 15) is 8.96 Å². The molecule has 1 aromatic heterocycles. The number of nitrogens with one attached hydrogen (secondary N) is 1. The zero-order valence-corrected chi connectivity index (χ0v) is 20.8. The van der Waals surface area contributed by atoms with Crippen molar-refractivity contribution >= 4 is 8.25 Å². The van der Waals surface area contributed by atoms with Gasteiger partial charge in [0.2, 0.25) is 0 Å². The second-order valence-corrected chi connectivity index (χ2v) is 8.77. The maximum Gasteiger partial charge on any atom is 0.694 e. The molecule has 0 saturated heterocycles. The lowest BCUT2D eigenvalue weighted by Gasteiger charge is -2.13. The van der Waals surface area contributed by atoms with Crippen molar-refractivity contribution in [2.45, 2.75) is 38.6 Å². The van der Waals surface area contributed by atoms with Crippen LogP contribution in [-0.4, -0.2) is 31.8 Å². The van der Waals surface area contributed by atoms with Crippen LogP contribution in [0.5, 0.6) is 11.5 Å². The van der Waals surface area contributed by atoms with E-state index in [1.165, 1.54) is 13.2 Å². The van der Waals surface area contributed by atoms with E-state index in [1.54, 1.807) is 12.3 Å². The molecule has 0 saturated carbocycles. The molecule has 1 atom stereocenters. The first-order chi connectivity index (χ1) is 17.1. The van der Waals surface area contributed by atoms with E-state index >= 15 is 0 Å². The highest BCUT2D eigenvalue weighted by molar-refractivity contribution is 7.32. The van der Waals surface area contributed by atoms with Crippen LogP contribution in [0.4, 0.5) is 4.39 Å². The van der Waals surface area contributed by atoms with E-state index in [4.69, 9.17) is 18.8 Å². The molecule has 0 fully saturated rings. The molecule has 0 amide bonds. The third-order valence-electron chi connectivity index (χ3n) is 5.44. The van der Waals surface area contributed by atoms with Crippen molar-refractivity contribution in [3.8, 4) is 22.8 Å². The Morgan fingerprint density at radius 2 is 1.83 bits per heavy atom. The van der Waals surface area contributed by atoms with Gasteiger partial charge in [-0.05, 0) is 86.2 Å². The Labute approximate surface area is 206 Å². The van der Waals surface area contributed by atoms with Crippen molar-refractivity contribution in [3.63, 3.8) is 0 Å². The summed E-state index contributed by atoms with van der Waals surface area (Å²) >= 11 is 0. The summed E-state index contributed by atoms with van der Waals surface area (Å²) < 4.78 is 45.6. The van der Waals surface area contributed by atoms with Crippen LogP contribution in [0.25, 0.3) is 11.3 Å². The van der Waals surface area contributed by atoms with Gasteiger partial charge in [-0.3, -0.25) is 0 Å². The van der Waals surface area contributed by atoms with Gasteiger partial charge >= 0.3 is 8.25 Å². The third-order valence-corrected chi connectivity index (χ3v) is 5.85. The number of hydrogen-bond acceptors (Lipinski definition) is 6. The van der Waals surface area contributed by atoms with Gasteiger partial charge in [-0.25, -0.2) is 4.39 Å². The molecule has 0 bridgehead atoms. The summed E-state index contributed by atoms with van der Waals surface area (Å²) in [5.74, 6) is 1.44. The summed E-state index contributed by atoms with van der Waals surface area (Å²) in [6.07, 6.45) is 5.90. The van der Waals surface area contributed by atoms with E-state index in [1.807, 2.05) is 36.4 Å². The lowest BCUT2D eigenvalue weighted by Crippen LogP contribution is -2.16. The molecule has 0 spiro atoms. The first-order valence-corrected chi connectivity index (χ1v) is 12.8. The number of furan rings is 1. The highest BCUT2D eigenvalue weighted by Gasteiger charge is 2.12. The molecule has 2 N–H and O–H groups in total. The number of benzene rings is 2. The zero-order valence-electron chi connectivity index (χ0n) is 19.9. The lowest BCUT2D eigenvalue weighted by atomic mass is 10.1. The van der Waals surface area contributed by atoms with Crippen molar-refractivity contribution < 1.29 is 32.3 Å². The first-order valence-electron chi connectivity index (χ1n) is 11.7. The molecular weight excluding hydrogens is 472 g/mol. The highest BCUT2D eigenvalue weighted by Crippen LogP contribution is 2.32. The average molecular weight is 505 g/mol. The first kappa shape index (κ1) is 26.8. The Morgan fingerprint density at radius 3 is 2.57 bits per heavy atom. The molecule has 3 aromatic rings. The van der Waals surface area contributed by atoms with Crippen molar-refractivity contribution in [2.24, 2.45) is 0 Å². The molecule has 0 radical (unpaired) electrons. The molecular formula is C26H32FNO6P+. The Bertz CT molecular complexity index is 1060. The summed E-state index contributed by atoms with van der Waals surface area (Å²) in [7, 11) is -1.07. The molecule has 0 aliphatic rings. The summed E-state index contributed by atoms with van der Waals surface area (Å²) in [6.45, 7) is 2.13. The maximum absolute atomic E-state index is 13.8. The number of unbranched alkanes of at least 4 members (excludes halogenated alkanes) is 2. The topological polar surface area (TPSA) is 90.2 Å². The molecule has 1 heterocycles. The van der Waals surface area contributed by atoms with Crippen LogP contribution in [0, 0.1) is 5.82 Å². The maximum atomic E-state index is 13.8. The summed E-state index contributed by atoms with van der Waals surface area (Å²) in [6, 6.07) is 14.9. The van der Waals surface area contributed by atoms with Gasteiger partial charge < -0.3 is 19.2 Å². The second-order valence-electron chi connectivity index (χ2n) is 8.04. The van der Waals surface area contributed by atoms with Crippen molar-refractivity contribution in [3.05, 3.63) is 71.7 Å². The van der Waals surface area contributed by atoms with Crippen LogP contribution < -0.4 is 14.8 Å². The van der Waals surface area contributed by atoms with Crippen LogP contribution in [0.3, 0.4) is 0 Å². The number of halogens is 1. The Hall–Kier alpha value is -2.77. The molecule has 0 aliphatic heterocycles. The monoisotopic (exact) mass is 504 g/mol. The van der Waals surface area contributed by atoms with Crippen LogP contribution in [-0.2, 0) is 22.1 Å². The fraction of sp³-hybridized carbons (Fsp3) is 0.385. The Kier molecular flexibility index (Phi) is 11.2. The minimum absolute atomic E-state index is 0.236. The van der Waals surface area contributed by atoms with E-state index in [0.717, 1.165) is 53.9 Å². The average Bonchev–Trinajstić information content (AvgIpc) is 3.39. The van der Waals surface area contributed by atoms with Gasteiger partial charge in [0.1, 0.15) is 18.1 Å². The molecule has 35 heavy (non-hydrogen) atoms. The van der Waals surface area contributed by atoms with Crippen molar-refractivity contribution in [2.75, 3.05) is 26.9 Å². The highest BCUT2D eigenvalue weighted by atomic mass is 31.1. The Morgan fingerprint density at radius 1 is 1.00 bits per heavy atom. The van der Waals surface area contributed by atoms with E-state index in [-0.39, 0.29) is 18.2 Å². The number of rotatable bonds is 16. The molecule has 188 valence electrons. The molecule has 0 aliphatic carbocycles. The SMILES string of the molecule is COc1ccc(CCCCCOc2ccc(CNCCCO[P+](=O)O)cc2-c2ccco2)cc1F. The van der Waals surface area contributed by atoms with Gasteiger partial charge in [0.15, 0.2) is 11.6 Å². The standard InChI is InChI=1S/C26H31FNO6P/c1-31-26-12-9-20(18-23(26)27)7-3-2-4-14-32-25-11-10-21(17-22(25)24-8-5-15-33-24)19-28-13-6-16-34-35(29)30/h5,8-12,15,17-18,28H,2-4,6-7,13-14,16,19H2,1H3/p+1. The molecule has 9 heteroatoms. The van der Waals surface area contributed by atoms with Gasteiger partial charge in [0, 0.05) is 11.1 Å². The van der Waals surface area contributed by atoms with Gasteiger partial charge in [-0.15, -0.1) is 9.42 Å². The minimum atomic E-state index is -2.54. The smallest absolute Gasteiger partial charge is 0.494 e. The van der Waals surface area contributed by atoms with Crippen LogP contribution in [0.1, 0.15) is 36.8 Å². The van der Waals surface area contributed by atoms with Crippen molar-refractivity contribution in [1.82, 2.24) is 5.32 Å². The molecule has 3 rings (SSSR count). The number of aryl methyl sites for hydroxylation is 1. The van der Waals surface area contributed by atoms with E-state index < -0.39 is 8.25 Å². The summed E-state index contributed by atoms with van der Waals surface area (Å²) in [5, 5.41) is 3.30. The third kappa shape index (κ3) is 9.07. The normalized spacial score (nSPS) is 11.5. The van der Waals surface area contributed by atoms with Crippen LogP contribution >= 0.6 is 8.25 Å². The largest absolute Gasteiger partial charge is 0.694 e. The fourth-order valence-electron chi connectivity index (χ4n) is 3.67. The van der Waals surface area contributed by atoms with Gasteiger partial charge in [-0.1, -0.05) is 12.1 Å². The molecule has 7 nitrogen and oxygen atoms in total. The predicted molar refractivity (Wildman–Crippen MR) is 132 cm³/mol. The summed E-state index contributed by atoms with van der Waals surface area (Å²) in [4.78, 5) is 8.64. The second kappa shape index (κ2) is 14.6. The molecule has 1 unspecified atom stereocenters. The van der Waals surface area contributed by atoms with Crippen LogP contribution in [0.15, 0.2) is 59.2 Å². The molecule has 2 aromatic carbocycles. The van der Waals surface area contributed by atoms with Gasteiger partial charge in [0.25, 0.3) is 0 Å². The number of methoxy groups -OCH3 is 1. The van der Waals surface area contributed by atoms with Crippen LogP contribution in [0.2, 0.25) is 0 Å². The quantitative estimate of drug-likeness (QED) is 0.182. The van der Waals surface area contributed by atoms with Gasteiger partial charge in [0.05, 0.1) is 25.5 Å². The van der Waals surface area contributed by atoms with E-state index in [2.05, 4.69) is 9.84 Å². The zero-order chi connectivity index (χ0) is 24.9. The Balaban J connectivity index is 1.45. The van der Waals surface area contributed by atoms with Gasteiger partial charge in [-0.2, -0.15) is 0 Å².